The van der Waals surface area contributed by atoms with Crippen molar-refractivity contribution in [2.45, 2.75) is 84.0 Å². The van der Waals surface area contributed by atoms with Crippen molar-refractivity contribution in [2.75, 3.05) is 0 Å². The van der Waals surface area contributed by atoms with Gasteiger partial charge in [0.15, 0.2) is 0 Å². The van der Waals surface area contributed by atoms with Gasteiger partial charge in [-0.05, 0) is 22.1 Å². The van der Waals surface area contributed by atoms with Crippen LogP contribution in [-0.4, -0.2) is 0 Å². The molecule has 0 aromatic carbocycles. The fraction of sp³-hybridized carbons (Fsp3) is 0.867. The maximum atomic E-state index is 4.05. The van der Waals surface area contributed by atoms with Crippen LogP contribution in [0.4, 0.5) is 0 Å². The van der Waals surface area contributed by atoms with Crippen molar-refractivity contribution in [2.24, 2.45) is 0 Å². The molecule has 94 valence electrons. The molecule has 0 heterocycles. The third-order valence-corrected chi connectivity index (χ3v) is 3.29. The molecule has 16 heavy (non-hydrogen) atoms. The SMILES string of the molecule is CCCCCCCCCCCCC/C=C/[P]. The van der Waals surface area contributed by atoms with E-state index >= 15 is 0 Å². The van der Waals surface area contributed by atoms with E-state index in [1.165, 1.54) is 77.0 Å². The van der Waals surface area contributed by atoms with Crippen LogP contribution in [0.1, 0.15) is 84.0 Å². The highest BCUT2D eigenvalue weighted by Crippen LogP contribution is 2.12. The minimum atomic E-state index is 1.21. The summed E-state index contributed by atoms with van der Waals surface area (Å²) < 4.78 is 0. The summed E-state index contributed by atoms with van der Waals surface area (Å²) in [6.45, 7) is 2.28. The highest BCUT2D eigenvalue weighted by molar-refractivity contribution is 7.20. The van der Waals surface area contributed by atoms with Gasteiger partial charge in [0.2, 0.25) is 0 Å². The number of hydrogen-bond donors (Lipinski definition) is 0. The van der Waals surface area contributed by atoms with Crippen LogP contribution in [0, 0.1) is 0 Å². The molecule has 2 radical (unpaired) electrons. The van der Waals surface area contributed by atoms with E-state index in [1.54, 1.807) is 0 Å². The molecular formula is C15H29P. The van der Waals surface area contributed by atoms with Crippen molar-refractivity contribution >= 4 is 9.24 Å². The molecule has 0 rings (SSSR count). The van der Waals surface area contributed by atoms with E-state index in [0.29, 0.717) is 0 Å². The van der Waals surface area contributed by atoms with Gasteiger partial charge in [0.1, 0.15) is 0 Å². The van der Waals surface area contributed by atoms with E-state index in [1.807, 2.05) is 5.82 Å². The normalized spacial score (nSPS) is 11.4. The molecule has 0 aromatic heterocycles. The summed E-state index contributed by atoms with van der Waals surface area (Å²) in [4.78, 5) is 0. The van der Waals surface area contributed by atoms with E-state index < -0.39 is 0 Å². The zero-order valence-electron chi connectivity index (χ0n) is 11.1. The molecule has 0 amide bonds. The van der Waals surface area contributed by atoms with Crippen molar-refractivity contribution in [1.82, 2.24) is 0 Å². The average Bonchev–Trinajstić information content (AvgIpc) is 2.31. The quantitative estimate of drug-likeness (QED) is 0.266. The predicted octanol–water partition coefficient (Wildman–Crippen LogP) is 6.61. The summed E-state index contributed by atoms with van der Waals surface area (Å²) in [6.07, 6.45) is 19.0. The number of hydrogen-bond acceptors (Lipinski definition) is 0. The Kier molecular flexibility index (Phi) is 15.3. The average molecular weight is 240 g/mol. The van der Waals surface area contributed by atoms with Gasteiger partial charge in [0, 0.05) is 0 Å². The van der Waals surface area contributed by atoms with Gasteiger partial charge in [-0.25, -0.2) is 0 Å². The van der Waals surface area contributed by atoms with E-state index in [-0.39, 0.29) is 0 Å². The van der Waals surface area contributed by atoms with Crippen molar-refractivity contribution in [3.63, 3.8) is 0 Å². The second-order valence-corrected chi connectivity index (χ2v) is 5.01. The molecule has 0 saturated carbocycles. The van der Waals surface area contributed by atoms with E-state index in [9.17, 15) is 0 Å². The van der Waals surface area contributed by atoms with Crippen molar-refractivity contribution in [1.29, 1.82) is 0 Å². The molecule has 0 fully saturated rings. The van der Waals surface area contributed by atoms with Crippen LogP contribution in [0.15, 0.2) is 11.9 Å². The maximum Gasteiger partial charge on any atom is -0.0146 e. The summed E-state index contributed by atoms with van der Waals surface area (Å²) >= 11 is 0. The molecule has 0 atom stereocenters. The summed E-state index contributed by atoms with van der Waals surface area (Å²) in [5.74, 6) is 1.86. The third kappa shape index (κ3) is 14.2. The van der Waals surface area contributed by atoms with Crippen LogP contribution < -0.4 is 0 Å². The molecule has 0 aliphatic carbocycles. The molecule has 0 nitrogen and oxygen atoms in total. The number of rotatable bonds is 12. The molecule has 0 aliphatic rings. The molecule has 0 saturated heterocycles. The first-order valence-electron chi connectivity index (χ1n) is 7.21. The lowest BCUT2D eigenvalue weighted by molar-refractivity contribution is 0.550. The van der Waals surface area contributed by atoms with Crippen LogP contribution in [0.3, 0.4) is 0 Å². The standard InChI is InChI=1S/C15H29P/c1-2-3-4-5-6-7-8-9-10-11-12-13-14-15-16/h14-15H,2-13H2,1H3/b15-14+. The van der Waals surface area contributed by atoms with Gasteiger partial charge in [-0.2, -0.15) is 0 Å². The van der Waals surface area contributed by atoms with Gasteiger partial charge < -0.3 is 0 Å². The fourth-order valence-electron chi connectivity index (χ4n) is 2.00. The Bertz CT molecular complexity index is 140. The summed E-state index contributed by atoms with van der Waals surface area (Å²) in [5, 5.41) is 0. The second-order valence-electron chi connectivity index (χ2n) is 4.71. The van der Waals surface area contributed by atoms with Gasteiger partial charge >= 0.3 is 0 Å². The van der Waals surface area contributed by atoms with Crippen molar-refractivity contribution in [3.8, 4) is 0 Å². The Morgan fingerprint density at radius 3 is 1.56 bits per heavy atom. The first-order valence-corrected chi connectivity index (χ1v) is 7.72. The number of allylic oxidation sites excluding steroid dienone is 1. The third-order valence-electron chi connectivity index (χ3n) is 3.08. The van der Waals surface area contributed by atoms with Crippen molar-refractivity contribution < 1.29 is 0 Å². The van der Waals surface area contributed by atoms with Gasteiger partial charge in [0.05, 0.1) is 0 Å². The highest BCUT2D eigenvalue weighted by Gasteiger charge is 1.92. The van der Waals surface area contributed by atoms with Crippen LogP contribution in [0.2, 0.25) is 0 Å². The number of unbranched alkanes of at least 4 members (excludes halogenated alkanes) is 11. The Labute approximate surface area is 105 Å². The Morgan fingerprint density at radius 1 is 0.688 bits per heavy atom. The first kappa shape index (κ1) is 16.2. The van der Waals surface area contributed by atoms with Crippen LogP contribution in [0.5, 0.6) is 0 Å². The molecule has 0 bridgehead atoms. The van der Waals surface area contributed by atoms with Crippen LogP contribution in [0.25, 0.3) is 0 Å². The van der Waals surface area contributed by atoms with Gasteiger partial charge in [-0.3, -0.25) is 0 Å². The van der Waals surface area contributed by atoms with E-state index in [0.717, 1.165) is 0 Å². The Hall–Kier alpha value is 0.170. The molecule has 0 aliphatic heterocycles. The predicted molar refractivity (Wildman–Crippen MR) is 77.1 cm³/mol. The minimum absolute atomic E-state index is 1.21. The molecule has 0 aromatic rings. The van der Waals surface area contributed by atoms with E-state index in [4.69, 9.17) is 0 Å². The lowest BCUT2D eigenvalue weighted by atomic mass is 10.1. The highest BCUT2D eigenvalue weighted by atomic mass is 31.0. The smallest absolute Gasteiger partial charge is 0.0146 e. The monoisotopic (exact) mass is 240 g/mol. The minimum Gasteiger partial charge on any atom is -0.0834 e. The molecule has 0 unspecified atom stereocenters. The molecular weight excluding hydrogens is 211 g/mol. The van der Waals surface area contributed by atoms with Crippen LogP contribution in [-0.2, 0) is 0 Å². The molecule has 0 spiro atoms. The molecule has 1 heteroatoms. The van der Waals surface area contributed by atoms with Gasteiger partial charge in [-0.1, -0.05) is 83.0 Å². The lowest BCUT2D eigenvalue weighted by Gasteiger charge is -2.01. The molecule has 0 N–H and O–H groups in total. The second kappa shape index (κ2) is 15.2. The maximum absolute atomic E-state index is 4.05. The van der Waals surface area contributed by atoms with Crippen molar-refractivity contribution in [3.05, 3.63) is 11.9 Å². The zero-order chi connectivity index (χ0) is 11.9. The summed E-state index contributed by atoms with van der Waals surface area (Å²) in [6, 6.07) is 0. The van der Waals surface area contributed by atoms with Gasteiger partial charge in [0.25, 0.3) is 0 Å². The lowest BCUT2D eigenvalue weighted by Crippen LogP contribution is -1.81. The fourth-order valence-corrected chi connectivity index (χ4v) is 2.15. The largest absolute Gasteiger partial charge is 0.0834 e. The first-order chi connectivity index (χ1) is 7.91. The summed E-state index contributed by atoms with van der Waals surface area (Å²) in [5.41, 5.74) is 0. The topological polar surface area (TPSA) is 0 Å². The Morgan fingerprint density at radius 2 is 1.12 bits per heavy atom. The van der Waals surface area contributed by atoms with Crippen LogP contribution >= 0.6 is 9.24 Å². The zero-order valence-corrected chi connectivity index (χ0v) is 12.0. The van der Waals surface area contributed by atoms with E-state index in [2.05, 4.69) is 22.2 Å². The van der Waals surface area contributed by atoms with Gasteiger partial charge in [-0.15, -0.1) is 0 Å². The Balaban J connectivity index is 2.88. The summed E-state index contributed by atoms with van der Waals surface area (Å²) in [7, 11) is 4.05.